The standard InChI is InChI=1S/C24H29BN2O6S/c1-22(2)23(3,4)33-25(32-22)17-14-15(13-16-20(17)26-21(28)24(16)11-8-12-24)27-34(29,30)19-10-7-6-9-18(19)31-5/h6-7,9-10,13-14,27H,8,11-12H2,1-5H3,(H,26,28). The van der Waals surface area contributed by atoms with Gasteiger partial charge in [0.25, 0.3) is 10.0 Å². The maximum atomic E-state index is 13.3. The quantitative estimate of drug-likeness (QED) is 0.633. The fourth-order valence-electron chi connectivity index (χ4n) is 4.83. The third-order valence-corrected chi connectivity index (χ3v) is 9.10. The number of ether oxygens (including phenoxy) is 1. The summed E-state index contributed by atoms with van der Waals surface area (Å²) in [5.74, 6) is 0.186. The highest BCUT2D eigenvalue weighted by atomic mass is 32.2. The van der Waals surface area contributed by atoms with Crippen molar-refractivity contribution in [2.45, 2.75) is 68.5 Å². The summed E-state index contributed by atoms with van der Waals surface area (Å²) in [5, 5.41) is 3.03. The minimum absolute atomic E-state index is 0.0303. The lowest BCUT2D eigenvalue weighted by Gasteiger charge is -2.36. The van der Waals surface area contributed by atoms with E-state index in [2.05, 4.69) is 10.0 Å². The second-order valence-corrected chi connectivity index (χ2v) is 11.9. The molecule has 2 heterocycles. The van der Waals surface area contributed by atoms with Gasteiger partial charge in [-0.1, -0.05) is 18.6 Å². The Morgan fingerprint density at radius 2 is 1.71 bits per heavy atom. The maximum Gasteiger partial charge on any atom is 0.497 e. The molecule has 180 valence electrons. The summed E-state index contributed by atoms with van der Waals surface area (Å²) < 4.78 is 47.1. The van der Waals surface area contributed by atoms with Crippen LogP contribution in [-0.4, -0.2) is 39.8 Å². The molecule has 10 heteroatoms. The zero-order valence-electron chi connectivity index (χ0n) is 20.0. The zero-order valence-corrected chi connectivity index (χ0v) is 20.8. The van der Waals surface area contributed by atoms with Crippen molar-refractivity contribution in [1.29, 1.82) is 0 Å². The van der Waals surface area contributed by atoms with E-state index in [0.717, 1.165) is 24.8 Å². The third-order valence-electron chi connectivity index (χ3n) is 7.68. The minimum atomic E-state index is -3.96. The van der Waals surface area contributed by atoms with E-state index in [1.54, 1.807) is 30.3 Å². The van der Waals surface area contributed by atoms with E-state index in [4.69, 9.17) is 14.0 Å². The number of carbonyl (C=O) groups excluding carboxylic acids is 1. The van der Waals surface area contributed by atoms with Crippen molar-refractivity contribution >= 4 is 39.9 Å². The average molecular weight is 484 g/mol. The number of anilines is 2. The molecule has 1 saturated carbocycles. The number of amides is 1. The predicted molar refractivity (Wildman–Crippen MR) is 130 cm³/mol. The molecule has 2 aromatic carbocycles. The number of benzene rings is 2. The maximum absolute atomic E-state index is 13.3. The van der Waals surface area contributed by atoms with Crippen molar-refractivity contribution in [2.24, 2.45) is 0 Å². The van der Waals surface area contributed by atoms with Crippen LogP contribution in [0, 0.1) is 0 Å². The van der Waals surface area contributed by atoms with E-state index in [0.29, 0.717) is 16.8 Å². The van der Waals surface area contributed by atoms with Crippen LogP contribution in [0.3, 0.4) is 0 Å². The van der Waals surface area contributed by atoms with Crippen molar-refractivity contribution in [3.05, 3.63) is 42.0 Å². The van der Waals surface area contributed by atoms with Crippen LogP contribution in [-0.2, 0) is 29.5 Å². The normalized spacial score (nSPS) is 21.7. The van der Waals surface area contributed by atoms with Crippen molar-refractivity contribution in [3.8, 4) is 5.75 Å². The molecule has 2 fully saturated rings. The van der Waals surface area contributed by atoms with E-state index in [-0.39, 0.29) is 16.6 Å². The lowest BCUT2D eigenvalue weighted by molar-refractivity contribution is -0.123. The van der Waals surface area contributed by atoms with E-state index >= 15 is 0 Å². The first kappa shape index (κ1) is 23.2. The first-order chi connectivity index (χ1) is 15.9. The molecule has 1 aliphatic carbocycles. The van der Waals surface area contributed by atoms with Crippen LogP contribution in [0.4, 0.5) is 11.4 Å². The van der Waals surface area contributed by atoms with E-state index in [9.17, 15) is 13.2 Å². The topological polar surface area (TPSA) is 103 Å². The first-order valence-corrected chi connectivity index (χ1v) is 12.9. The Balaban J connectivity index is 1.61. The van der Waals surface area contributed by atoms with Crippen molar-refractivity contribution in [3.63, 3.8) is 0 Å². The Labute approximate surface area is 200 Å². The van der Waals surface area contributed by atoms with Gasteiger partial charge in [-0.05, 0) is 70.4 Å². The Morgan fingerprint density at radius 3 is 2.29 bits per heavy atom. The Hall–Kier alpha value is -2.56. The Bertz CT molecular complexity index is 1270. The molecule has 1 spiro atoms. The SMILES string of the molecule is COc1ccccc1S(=O)(=O)Nc1cc(B2OC(C)(C)C(C)(C)O2)c2c(c1)C1(CCC1)C(=O)N2. The van der Waals surface area contributed by atoms with Gasteiger partial charge in [0.05, 0.1) is 23.7 Å². The summed E-state index contributed by atoms with van der Waals surface area (Å²) in [7, 11) is -3.29. The highest BCUT2D eigenvalue weighted by Crippen LogP contribution is 2.52. The molecule has 2 aliphatic heterocycles. The smallest absolute Gasteiger partial charge is 0.495 e. The largest absolute Gasteiger partial charge is 0.497 e. The molecule has 0 bridgehead atoms. The second kappa shape index (κ2) is 7.47. The molecule has 3 aliphatic rings. The summed E-state index contributed by atoms with van der Waals surface area (Å²) >= 11 is 0. The van der Waals surface area contributed by atoms with Crippen LogP contribution < -0.4 is 20.2 Å². The second-order valence-electron chi connectivity index (χ2n) is 10.2. The third kappa shape index (κ3) is 3.34. The number of methoxy groups -OCH3 is 1. The Morgan fingerprint density at radius 1 is 1.06 bits per heavy atom. The summed E-state index contributed by atoms with van der Waals surface area (Å²) in [4.78, 5) is 13.0. The molecule has 0 atom stereocenters. The molecule has 8 nitrogen and oxygen atoms in total. The van der Waals surface area contributed by atoms with Gasteiger partial charge in [-0.2, -0.15) is 0 Å². The Kier molecular flexibility index (Phi) is 5.10. The molecule has 2 aromatic rings. The molecule has 0 unspecified atom stereocenters. The summed E-state index contributed by atoms with van der Waals surface area (Å²) in [5.41, 5.74) is 0.572. The fourth-order valence-corrected chi connectivity index (χ4v) is 6.04. The predicted octanol–water partition coefficient (Wildman–Crippen LogP) is 3.17. The lowest BCUT2D eigenvalue weighted by Crippen LogP contribution is -2.41. The summed E-state index contributed by atoms with van der Waals surface area (Å²) in [6, 6.07) is 9.88. The first-order valence-electron chi connectivity index (χ1n) is 11.4. The highest BCUT2D eigenvalue weighted by molar-refractivity contribution is 7.92. The lowest BCUT2D eigenvalue weighted by atomic mass is 9.64. The molecule has 34 heavy (non-hydrogen) atoms. The van der Waals surface area contributed by atoms with Crippen LogP contribution in [0.5, 0.6) is 5.75 Å². The van der Waals surface area contributed by atoms with Gasteiger partial charge in [-0.3, -0.25) is 9.52 Å². The van der Waals surface area contributed by atoms with Gasteiger partial charge in [0.15, 0.2) is 0 Å². The minimum Gasteiger partial charge on any atom is -0.495 e. The van der Waals surface area contributed by atoms with Crippen molar-refractivity contribution < 1.29 is 27.3 Å². The average Bonchev–Trinajstić information content (AvgIpc) is 3.15. The van der Waals surface area contributed by atoms with Gasteiger partial charge < -0.3 is 19.4 Å². The van der Waals surface area contributed by atoms with Crippen LogP contribution in [0.25, 0.3) is 0 Å². The molecule has 5 rings (SSSR count). The van der Waals surface area contributed by atoms with Crippen LogP contribution in [0.15, 0.2) is 41.3 Å². The number of sulfonamides is 1. The van der Waals surface area contributed by atoms with Crippen molar-refractivity contribution in [2.75, 3.05) is 17.1 Å². The van der Waals surface area contributed by atoms with Gasteiger partial charge in [0.2, 0.25) is 5.91 Å². The monoisotopic (exact) mass is 484 g/mol. The van der Waals surface area contributed by atoms with Crippen LogP contribution in [0.2, 0.25) is 0 Å². The van der Waals surface area contributed by atoms with Crippen LogP contribution >= 0.6 is 0 Å². The molecular formula is C24H29BN2O6S. The van der Waals surface area contributed by atoms with E-state index in [1.807, 2.05) is 27.7 Å². The molecule has 1 saturated heterocycles. The number of para-hydroxylation sites is 1. The van der Waals surface area contributed by atoms with E-state index in [1.165, 1.54) is 13.2 Å². The number of hydrogen-bond donors (Lipinski definition) is 2. The van der Waals surface area contributed by atoms with Gasteiger partial charge in [-0.15, -0.1) is 0 Å². The number of carbonyl (C=O) groups is 1. The van der Waals surface area contributed by atoms with Gasteiger partial charge in [0.1, 0.15) is 10.6 Å². The number of fused-ring (bicyclic) bond motifs is 2. The number of rotatable bonds is 5. The molecule has 0 radical (unpaired) electrons. The van der Waals surface area contributed by atoms with Gasteiger partial charge in [-0.25, -0.2) is 8.42 Å². The molecule has 0 aromatic heterocycles. The van der Waals surface area contributed by atoms with E-state index < -0.39 is 33.8 Å². The highest BCUT2D eigenvalue weighted by Gasteiger charge is 2.56. The van der Waals surface area contributed by atoms with Crippen molar-refractivity contribution in [1.82, 2.24) is 0 Å². The number of hydrogen-bond acceptors (Lipinski definition) is 6. The number of nitrogens with one attached hydrogen (secondary N) is 2. The molecular weight excluding hydrogens is 455 g/mol. The summed E-state index contributed by atoms with van der Waals surface area (Å²) in [6.07, 6.45) is 2.38. The zero-order chi connectivity index (χ0) is 24.5. The molecule has 1 amide bonds. The summed E-state index contributed by atoms with van der Waals surface area (Å²) in [6.45, 7) is 7.81. The van der Waals surface area contributed by atoms with Crippen LogP contribution in [0.1, 0.15) is 52.5 Å². The van der Waals surface area contributed by atoms with Gasteiger partial charge >= 0.3 is 7.12 Å². The van der Waals surface area contributed by atoms with Gasteiger partial charge in [0, 0.05) is 16.8 Å². The fraction of sp³-hybridized carbons (Fsp3) is 0.458. The molecule has 2 N–H and O–H groups in total.